The number of rotatable bonds is 2. The molecule has 1 aliphatic heterocycles. The van der Waals surface area contributed by atoms with Gasteiger partial charge in [0.25, 0.3) is 0 Å². The van der Waals surface area contributed by atoms with Crippen molar-refractivity contribution >= 4 is 23.2 Å². The van der Waals surface area contributed by atoms with Crippen molar-refractivity contribution in [3.8, 4) is 6.07 Å². The third kappa shape index (κ3) is 2.91. The standard InChI is InChI=1S/C12H12Cl2N2O/c13-9-1-2-11(14)10(7-9)12(8-15)16-3-5-17-6-4-16/h1-2,7,12H,3-6H2. The molecule has 0 N–H and O–H groups in total. The first kappa shape index (κ1) is 12.7. The number of halogens is 2. The number of hydrogen-bond donors (Lipinski definition) is 0. The summed E-state index contributed by atoms with van der Waals surface area (Å²) in [6, 6.07) is 7.13. The van der Waals surface area contributed by atoms with E-state index in [2.05, 4.69) is 11.0 Å². The van der Waals surface area contributed by atoms with Gasteiger partial charge in [0.2, 0.25) is 0 Å². The van der Waals surface area contributed by atoms with Crippen LogP contribution in [0.5, 0.6) is 0 Å². The lowest BCUT2D eigenvalue weighted by molar-refractivity contribution is 0.0266. The monoisotopic (exact) mass is 270 g/mol. The molecule has 1 aromatic carbocycles. The molecule has 1 heterocycles. The molecule has 0 spiro atoms. The van der Waals surface area contributed by atoms with Crippen LogP contribution in [0, 0.1) is 11.3 Å². The summed E-state index contributed by atoms with van der Waals surface area (Å²) >= 11 is 12.1. The first-order valence-corrected chi connectivity index (χ1v) is 6.14. The number of ether oxygens (including phenoxy) is 1. The molecule has 0 amide bonds. The van der Waals surface area contributed by atoms with Gasteiger partial charge in [-0.1, -0.05) is 23.2 Å². The van der Waals surface area contributed by atoms with Crippen molar-refractivity contribution in [2.24, 2.45) is 0 Å². The van der Waals surface area contributed by atoms with Crippen molar-refractivity contribution in [1.82, 2.24) is 4.90 Å². The molecule has 0 radical (unpaired) electrons. The Morgan fingerprint density at radius 3 is 2.65 bits per heavy atom. The first-order valence-electron chi connectivity index (χ1n) is 5.38. The van der Waals surface area contributed by atoms with E-state index in [1.807, 2.05) is 0 Å². The van der Waals surface area contributed by atoms with Gasteiger partial charge in [-0.05, 0) is 18.2 Å². The Kier molecular flexibility index (Phi) is 4.25. The summed E-state index contributed by atoms with van der Waals surface area (Å²) in [4.78, 5) is 2.06. The van der Waals surface area contributed by atoms with Crippen molar-refractivity contribution in [1.29, 1.82) is 5.26 Å². The molecule has 5 heteroatoms. The number of benzene rings is 1. The van der Waals surface area contributed by atoms with Gasteiger partial charge in [0.15, 0.2) is 0 Å². The molecule has 0 bridgehead atoms. The molecule has 1 aliphatic rings. The Morgan fingerprint density at radius 2 is 2.00 bits per heavy atom. The van der Waals surface area contributed by atoms with Gasteiger partial charge in [0, 0.05) is 28.7 Å². The summed E-state index contributed by atoms with van der Waals surface area (Å²) in [7, 11) is 0. The van der Waals surface area contributed by atoms with Crippen molar-refractivity contribution in [3.05, 3.63) is 33.8 Å². The number of nitrogens with zero attached hydrogens (tertiary/aromatic N) is 2. The predicted molar refractivity (Wildman–Crippen MR) is 67.2 cm³/mol. The van der Waals surface area contributed by atoms with E-state index in [1.54, 1.807) is 18.2 Å². The molecule has 3 nitrogen and oxygen atoms in total. The van der Waals surface area contributed by atoms with Crippen LogP contribution in [-0.2, 0) is 4.74 Å². The molecule has 0 aromatic heterocycles. The molecular weight excluding hydrogens is 259 g/mol. The molecule has 0 saturated carbocycles. The maximum absolute atomic E-state index is 9.31. The zero-order chi connectivity index (χ0) is 12.3. The van der Waals surface area contributed by atoms with Crippen LogP contribution in [0.2, 0.25) is 10.0 Å². The molecule has 17 heavy (non-hydrogen) atoms. The molecule has 1 atom stereocenters. The lowest BCUT2D eigenvalue weighted by atomic mass is 10.1. The molecule has 90 valence electrons. The lowest BCUT2D eigenvalue weighted by Crippen LogP contribution is -2.38. The van der Waals surface area contributed by atoms with Crippen molar-refractivity contribution in [2.75, 3.05) is 26.3 Å². The quantitative estimate of drug-likeness (QED) is 0.829. The van der Waals surface area contributed by atoms with Crippen LogP contribution in [0.3, 0.4) is 0 Å². The van der Waals surface area contributed by atoms with Crippen LogP contribution in [0.15, 0.2) is 18.2 Å². The fourth-order valence-electron chi connectivity index (χ4n) is 1.91. The average molecular weight is 271 g/mol. The van der Waals surface area contributed by atoms with E-state index in [9.17, 15) is 5.26 Å². The highest BCUT2D eigenvalue weighted by Gasteiger charge is 2.24. The second-order valence-electron chi connectivity index (χ2n) is 3.85. The minimum Gasteiger partial charge on any atom is -0.379 e. The van der Waals surface area contributed by atoms with Crippen LogP contribution in [-0.4, -0.2) is 31.2 Å². The van der Waals surface area contributed by atoms with Gasteiger partial charge in [-0.15, -0.1) is 0 Å². The van der Waals surface area contributed by atoms with E-state index < -0.39 is 0 Å². The zero-order valence-corrected chi connectivity index (χ0v) is 10.7. The summed E-state index contributed by atoms with van der Waals surface area (Å²) in [6.45, 7) is 2.77. The maximum atomic E-state index is 9.31. The summed E-state index contributed by atoms with van der Waals surface area (Å²) in [5, 5.41) is 10.5. The fraction of sp³-hybridized carbons (Fsp3) is 0.417. The second kappa shape index (κ2) is 5.70. The normalized spacial score (nSPS) is 18.6. The first-order chi connectivity index (χ1) is 8.22. The van der Waals surface area contributed by atoms with Crippen LogP contribution in [0.25, 0.3) is 0 Å². The Hall–Kier alpha value is -0.790. The molecular formula is C12H12Cl2N2O. The summed E-state index contributed by atoms with van der Waals surface area (Å²) in [5.74, 6) is 0. The Bertz CT molecular complexity index is 439. The van der Waals surface area contributed by atoms with Gasteiger partial charge >= 0.3 is 0 Å². The van der Waals surface area contributed by atoms with Gasteiger partial charge in [-0.25, -0.2) is 0 Å². The fourth-order valence-corrected chi connectivity index (χ4v) is 2.31. The van der Waals surface area contributed by atoms with Gasteiger partial charge in [0.1, 0.15) is 6.04 Å². The maximum Gasteiger partial charge on any atom is 0.125 e. The third-order valence-corrected chi connectivity index (χ3v) is 3.37. The number of morpholine rings is 1. The number of nitriles is 1. The van der Waals surface area contributed by atoms with E-state index >= 15 is 0 Å². The Morgan fingerprint density at radius 1 is 1.29 bits per heavy atom. The highest BCUT2D eigenvalue weighted by Crippen LogP contribution is 2.30. The van der Waals surface area contributed by atoms with Crippen molar-refractivity contribution in [3.63, 3.8) is 0 Å². The topological polar surface area (TPSA) is 36.3 Å². The van der Waals surface area contributed by atoms with E-state index in [1.165, 1.54) is 0 Å². The van der Waals surface area contributed by atoms with E-state index in [4.69, 9.17) is 27.9 Å². The van der Waals surface area contributed by atoms with E-state index in [-0.39, 0.29) is 6.04 Å². The van der Waals surface area contributed by atoms with Crippen LogP contribution >= 0.6 is 23.2 Å². The largest absolute Gasteiger partial charge is 0.379 e. The second-order valence-corrected chi connectivity index (χ2v) is 4.69. The van der Waals surface area contributed by atoms with Gasteiger partial charge < -0.3 is 4.74 Å². The van der Waals surface area contributed by atoms with Crippen molar-refractivity contribution in [2.45, 2.75) is 6.04 Å². The zero-order valence-electron chi connectivity index (χ0n) is 9.20. The molecule has 1 saturated heterocycles. The average Bonchev–Trinajstić information content (AvgIpc) is 2.36. The minimum absolute atomic E-state index is 0.356. The van der Waals surface area contributed by atoms with E-state index in [0.717, 1.165) is 18.7 Å². The van der Waals surface area contributed by atoms with E-state index in [0.29, 0.717) is 23.3 Å². The smallest absolute Gasteiger partial charge is 0.125 e. The lowest BCUT2D eigenvalue weighted by Gasteiger charge is -2.31. The Labute approximate surface area is 110 Å². The third-order valence-electron chi connectivity index (χ3n) is 2.79. The van der Waals surface area contributed by atoms with Gasteiger partial charge in [-0.2, -0.15) is 5.26 Å². The highest BCUT2D eigenvalue weighted by molar-refractivity contribution is 6.33. The SMILES string of the molecule is N#CC(c1cc(Cl)ccc1Cl)N1CCOCC1. The Balaban J connectivity index is 2.28. The molecule has 1 unspecified atom stereocenters. The van der Waals surface area contributed by atoms with Crippen LogP contribution in [0.1, 0.15) is 11.6 Å². The van der Waals surface area contributed by atoms with Crippen molar-refractivity contribution < 1.29 is 4.74 Å². The summed E-state index contributed by atoms with van der Waals surface area (Å²) in [6.07, 6.45) is 0. The van der Waals surface area contributed by atoms with Gasteiger partial charge in [-0.3, -0.25) is 4.90 Å². The molecule has 1 aromatic rings. The van der Waals surface area contributed by atoms with Gasteiger partial charge in [0.05, 0.1) is 19.3 Å². The minimum atomic E-state index is -0.356. The number of hydrogen-bond acceptors (Lipinski definition) is 3. The molecule has 0 aliphatic carbocycles. The summed E-state index contributed by atoms with van der Waals surface area (Å²) in [5.41, 5.74) is 0.767. The predicted octanol–water partition coefficient (Wildman–Crippen LogP) is 2.89. The molecule has 2 rings (SSSR count). The molecule has 1 fully saturated rings. The van der Waals surface area contributed by atoms with Crippen LogP contribution < -0.4 is 0 Å². The van der Waals surface area contributed by atoms with Crippen LogP contribution in [0.4, 0.5) is 0 Å². The summed E-state index contributed by atoms with van der Waals surface area (Å²) < 4.78 is 5.27. The highest BCUT2D eigenvalue weighted by atomic mass is 35.5.